The van der Waals surface area contributed by atoms with Crippen molar-refractivity contribution in [2.75, 3.05) is 4.90 Å². The second-order valence-electron chi connectivity index (χ2n) is 8.80. The van der Waals surface area contributed by atoms with Crippen molar-refractivity contribution in [1.82, 2.24) is 5.32 Å². The number of hydrogen-bond acceptors (Lipinski definition) is 6. The van der Waals surface area contributed by atoms with Crippen molar-refractivity contribution in [1.29, 1.82) is 0 Å². The molecule has 4 rings (SSSR count). The topological polar surface area (TPSA) is 119 Å². The van der Waals surface area contributed by atoms with Gasteiger partial charge in [0.2, 0.25) is 0 Å². The third-order valence-corrected chi connectivity index (χ3v) is 6.15. The number of carbonyl (C=O) groups excluding carboxylic acids is 3. The van der Waals surface area contributed by atoms with Gasteiger partial charge in [0.15, 0.2) is 0 Å². The van der Waals surface area contributed by atoms with E-state index in [9.17, 15) is 24.5 Å². The largest absolute Gasteiger partial charge is 0.489 e. The monoisotopic (exact) mass is 511 g/mol. The number of aryl methyl sites for hydroxylation is 2. The third kappa shape index (κ3) is 5.52. The van der Waals surface area contributed by atoms with Crippen LogP contribution in [0.1, 0.15) is 27.8 Å². The molecule has 0 aromatic heterocycles. The molecule has 0 aliphatic carbocycles. The van der Waals surface area contributed by atoms with Crippen LogP contribution in [0.2, 0.25) is 0 Å². The Morgan fingerprint density at radius 1 is 1.00 bits per heavy atom. The van der Waals surface area contributed by atoms with Crippen molar-refractivity contribution >= 4 is 35.3 Å². The fourth-order valence-corrected chi connectivity index (χ4v) is 3.94. The van der Waals surface area contributed by atoms with Crippen molar-refractivity contribution in [3.05, 3.63) is 117 Å². The van der Waals surface area contributed by atoms with Gasteiger partial charge in [0.1, 0.15) is 17.9 Å². The Labute approximate surface area is 219 Å². The van der Waals surface area contributed by atoms with Crippen LogP contribution in [-0.2, 0) is 22.6 Å². The lowest BCUT2D eigenvalue weighted by Crippen LogP contribution is -2.54. The number of nitrogens with one attached hydrogen (secondary N) is 1. The number of imide groups is 2. The van der Waals surface area contributed by atoms with Crippen molar-refractivity contribution in [2.45, 2.75) is 26.9 Å². The third-order valence-electron chi connectivity index (χ3n) is 6.15. The smallest absolute Gasteiger partial charge is 0.335 e. The van der Waals surface area contributed by atoms with Crippen molar-refractivity contribution < 1.29 is 24.0 Å². The Balaban J connectivity index is 1.59. The lowest BCUT2D eigenvalue weighted by Gasteiger charge is -2.27. The van der Waals surface area contributed by atoms with Crippen LogP contribution in [0, 0.1) is 24.0 Å². The maximum atomic E-state index is 13.2. The molecule has 9 nitrogen and oxygen atoms in total. The molecule has 1 heterocycles. The molecule has 38 heavy (non-hydrogen) atoms. The second-order valence-corrected chi connectivity index (χ2v) is 8.80. The average molecular weight is 512 g/mol. The van der Waals surface area contributed by atoms with Gasteiger partial charge in [-0.2, -0.15) is 0 Å². The van der Waals surface area contributed by atoms with Gasteiger partial charge in [0.05, 0.1) is 10.6 Å². The quantitative estimate of drug-likeness (QED) is 0.146. The molecule has 0 atom stereocenters. The van der Waals surface area contributed by atoms with E-state index in [4.69, 9.17) is 4.74 Å². The maximum Gasteiger partial charge on any atom is 0.335 e. The standard InChI is InChI=1S/C29H25N3O6/c1-4-5-22-15-21(9-13-26(22)38-17-20-7-11-23(12-8-20)32(36)37)16-25-27(33)30-29(35)31(28(25)34)24-10-6-18(2)19(3)14-24/h4,6-16H,1,5,17H2,2-3H3,(H,30,33,35)/b25-16+. The molecule has 3 aromatic carbocycles. The number of amides is 4. The van der Waals surface area contributed by atoms with Crippen LogP contribution in [-0.4, -0.2) is 22.8 Å². The second kappa shape index (κ2) is 10.9. The number of non-ortho nitro benzene ring substituents is 1. The van der Waals surface area contributed by atoms with E-state index < -0.39 is 22.8 Å². The highest BCUT2D eigenvalue weighted by Gasteiger charge is 2.36. The number of hydrogen-bond donors (Lipinski definition) is 1. The number of urea groups is 1. The summed E-state index contributed by atoms with van der Waals surface area (Å²) in [7, 11) is 0. The number of barbiturate groups is 1. The molecule has 0 unspecified atom stereocenters. The van der Waals surface area contributed by atoms with Gasteiger partial charge in [-0.15, -0.1) is 6.58 Å². The van der Waals surface area contributed by atoms with E-state index in [2.05, 4.69) is 11.9 Å². The molecule has 4 amide bonds. The Morgan fingerprint density at radius 2 is 1.74 bits per heavy atom. The van der Waals surface area contributed by atoms with E-state index in [1.165, 1.54) is 18.2 Å². The summed E-state index contributed by atoms with van der Waals surface area (Å²) in [4.78, 5) is 49.7. The number of ether oxygens (including phenoxy) is 1. The first-order valence-electron chi connectivity index (χ1n) is 11.8. The van der Waals surface area contributed by atoms with Gasteiger partial charge < -0.3 is 4.74 Å². The zero-order valence-corrected chi connectivity index (χ0v) is 20.9. The summed E-state index contributed by atoms with van der Waals surface area (Å²) < 4.78 is 5.94. The number of nitro groups is 1. The number of nitrogens with zero attached hydrogens (tertiary/aromatic N) is 2. The highest BCUT2D eigenvalue weighted by Crippen LogP contribution is 2.27. The van der Waals surface area contributed by atoms with Crippen LogP contribution >= 0.6 is 0 Å². The molecule has 1 aliphatic rings. The molecular weight excluding hydrogens is 486 g/mol. The summed E-state index contributed by atoms with van der Waals surface area (Å²) in [6.45, 7) is 7.77. The maximum absolute atomic E-state index is 13.2. The van der Waals surface area contributed by atoms with E-state index in [1.807, 2.05) is 19.9 Å². The molecule has 1 N–H and O–H groups in total. The molecular formula is C29H25N3O6. The normalized spacial score (nSPS) is 14.4. The number of anilines is 1. The van der Waals surface area contributed by atoms with Gasteiger partial charge in [0.25, 0.3) is 17.5 Å². The van der Waals surface area contributed by atoms with Crippen LogP contribution in [0.5, 0.6) is 5.75 Å². The predicted octanol–water partition coefficient (Wildman–Crippen LogP) is 5.19. The SMILES string of the molecule is C=CCc1cc(/C=C2\C(=O)NC(=O)N(c3ccc(C)c(C)c3)C2=O)ccc1OCc1ccc([N+](=O)[O-])cc1. The number of allylic oxidation sites excluding steroid dienone is 1. The minimum Gasteiger partial charge on any atom is -0.489 e. The molecule has 0 radical (unpaired) electrons. The Bertz CT molecular complexity index is 1490. The molecule has 1 aliphatic heterocycles. The summed E-state index contributed by atoms with van der Waals surface area (Å²) in [5.41, 5.74) is 4.20. The Morgan fingerprint density at radius 3 is 2.39 bits per heavy atom. The van der Waals surface area contributed by atoms with Crippen molar-refractivity contribution in [2.24, 2.45) is 0 Å². The first kappa shape index (κ1) is 26.0. The first-order valence-corrected chi connectivity index (χ1v) is 11.8. The molecule has 0 saturated carbocycles. The van der Waals surface area contributed by atoms with Gasteiger partial charge in [-0.1, -0.05) is 18.2 Å². The van der Waals surface area contributed by atoms with Crippen LogP contribution < -0.4 is 15.0 Å². The number of nitro benzene ring substituents is 1. The molecule has 1 fully saturated rings. The minimum absolute atomic E-state index is 0.00226. The Hall–Kier alpha value is -5.05. The molecule has 3 aromatic rings. The number of benzene rings is 3. The molecule has 192 valence electrons. The number of rotatable bonds is 8. The van der Waals surface area contributed by atoms with E-state index in [0.717, 1.165) is 27.2 Å². The fourth-order valence-electron chi connectivity index (χ4n) is 3.94. The highest BCUT2D eigenvalue weighted by molar-refractivity contribution is 6.39. The lowest BCUT2D eigenvalue weighted by molar-refractivity contribution is -0.384. The zero-order valence-electron chi connectivity index (χ0n) is 20.9. The first-order chi connectivity index (χ1) is 18.2. The summed E-state index contributed by atoms with van der Waals surface area (Å²) in [6, 6.07) is 15.7. The summed E-state index contributed by atoms with van der Waals surface area (Å²) in [6.07, 6.45) is 3.59. The van der Waals surface area contributed by atoms with E-state index in [-0.39, 0.29) is 17.9 Å². The summed E-state index contributed by atoms with van der Waals surface area (Å²) in [5, 5.41) is 13.1. The molecule has 0 spiro atoms. The van der Waals surface area contributed by atoms with Crippen molar-refractivity contribution in [3.63, 3.8) is 0 Å². The van der Waals surface area contributed by atoms with Crippen LogP contribution in [0.4, 0.5) is 16.2 Å². The molecule has 9 heteroatoms. The predicted molar refractivity (Wildman–Crippen MR) is 143 cm³/mol. The van der Waals surface area contributed by atoms with E-state index in [1.54, 1.807) is 48.5 Å². The van der Waals surface area contributed by atoms with E-state index >= 15 is 0 Å². The van der Waals surface area contributed by atoms with Gasteiger partial charge in [-0.05, 0) is 90.6 Å². The lowest BCUT2D eigenvalue weighted by atomic mass is 10.0. The zero-order chi connectivity index (χ0) is 27.4. The Kier molecular flexibility index (Phi) is 7.48. The van der Waals surface area contributed by atoms with Crippen LogP contribution in [0.15, 0.2) is 78.9 Å². The molecule has 1 saturated heterocycles. The molecule has 0 bridgehead atoms. The van der Waals surface area contributed by atoms with Gasteiger partial charge >= 0.3 is 6.03 Å². The van der Waals surface area contributed by atoms with Gasteiger partial charge in [-0.3, -0.25) is 25.0 Å². The number of carbonyl (C=O) groups is 3. The van der Waals surface area contributed by atoms with Crippen molar-refractivity contribution in [3.8, 4) is 5.75 Å². The van der Waals surface area contributed by atoms with Gasteiger partial charge in [-0.25, -0.2) is 9.69 Å². The van der Waals surface area contributed by atoms with Gasteiger partial charge in [0, 0.05) is 12.1 Å². The average Bonchev–Trinajstić information content (AvgIpc) is 2.88. The fraction of sp³-hybridized carbons (Fsp3) is 0.138. The van der Waals surface area contributed by atoms with Crippen LogP contribution in [0.25, 0.3) is 6.08 Å². The summed E-state index contributed by atoms with van der Waals surface area (Å²) >= 11 is 0. The minimum atomic E-state index is -0.803. The van der Waals surface area contributed by atoms with Crippen LogP contribution in [0.3, 0.4) is 0 Å². The van der Waals surface area contributed by atoms with E-state index in [0.29, 0.717) is 23.4 Å². The highest BCUT2D eigenvalue weighted by atomic mass is 16.6. The summed E-state index contributed by atoms with van der Waals surface area (Å²) in [5.74, 6) is -0.925.